The predicted octanol–water partition coefficient (Wildman–Crippen LogP) is 1.40. The number of hydrogen-bond donors (Lipinski definition) is 3. The van der Waals surface area contributed by atoms with Gasteiger partial charge in [-0.25, -0.2) is 0 Å². The van der Waals surface area contributed by atoms with Gasteiger partial charge in [-0.1, -0.05) is 31.9 Å². The van der Waals surface area contributed by atoms with E-state index in [0.717, 1.165) is 25.7 Å². The van der Waals surface area contributed by atoms with Gasteiger partial charge in [-0.15, -0.1) is 0 Å². The molecule has 5 heteroatoms. The van der Waals surface area contributed by atoms with Gasteiger partial charge in [-0.05, 0) is 25.7 Å². The average Bonchev–Trinajstić information content (AvgIpc) is 2.49. The second kappa shape index (κ2) is 11.2. The number of rotatable bonds is 10. The van der Waals surface area contributed by atoms with Gasteiger partial charge < -0.3 is 24.8 Å². The van der Waals surface area contributed by atoms with Gasteiger partial charge in [0.25, 0.3) is 0 Å². The summed E-state index contributed by atoms with van der Waals surface area (Å²) in [6.45, 7) is 2.51. The van der Waals surface area contributed by atoms with Crippen molar-refractivity contribution in [1.29, 1.82) is 0 Å². The Bertz CT molecular complexity index is 280. The number of unbranched alkanes of at least 4 members (excludes halogenated alkanes) is 4. The van der Waals surface area contributed by atoms with Crippen LogP contribution in [-0.2, 0) is 9.47 Å². The van der Waals surface area contributed by atoms with E-state index >= 15 is 0 Å². The summed E-state index contributed by atoms with van der Waals surface area (Å²) >= 11 is 0. The Labute approximate surface area is 127 Å². The van der Waals surface area contributed by atoms with E-state index in [1.807, 2.05) is 0 Å². The number of aliphatic hydroxyl groups is 3. The molecular formula is C16H30O5. The highest BCUT2D eigenvalue weighted by Crippen LogP contribution is 2.19. The molecule has 0 unspecified atom stereocenters. The first kappa shape index (κ1) is 18.6. The van der Waals surface area contributed by atoms with Crippen molar-refractivity contribution in [2.45, 2.75) is 69.9 Å². The molecule has 0 aromatic rings. The van der Waals surface area contributed by atoms with Crippen molar-refractivity contribution in [2.75, 3.05) is 19.8 Å². The molecule has 0 saturated carbocycles. The maximum atomic E-state index is 9.88. The van der Waals surface area contributed by atoms with E-state index in [1.54, 1.807) is 0 Å². The zero-order chi connectivity index (χ0) is 15.5. The highest BCUT2D eigenvalue weighted by atomic mass is 16.6. The molecule has 21 heavy (non-hydrogen) atoms. The summed E-state index contributed by atoms with van der Waals surface area (Å²) in [6.07, 6.45) is 7.83. The van der Waals surface area contributed by atoms with Crippen molar-refractivity contribution in [3.05, 3.63) is 12.2 Å². The largest absolute Gasteiger partial charge is 0.394 e. The molecule has 1 heterocycles. The molecular weight excluding hydrogens is 272 g/mol. The third-order valence-electron chi connectivity index (χ3n) is 3.72. The van der Waals surface area contributed by atoms with Crippen LogP contribution in [0.5, 0.6) is 0 Å². The lowest BCUT2D eigenvalue weighted by Gasteiger charge is -2.37. The van der Waals surface area contributed by atoms with Crippen molar-refractivity contribution in [3.63, 3.8) is 0 Å². The van der Waals surface area contributed by atoms with Crippen molar-refractivity contribution >= 4 is 0 Å². The first-order valence-electron chi connectivity index (χ1n) is 8.05. The van der Waals surface area contributed by atoms with Crippen LogP contribution in [0.4, 0.5) is 0 Å². The first-order valence-corrected chi connectivity index (χ1v) is 8.05. The average molecular weight is 302 g/mol. The molecule has 3 N–H and O–H groups in total. The summed E-state index contributed by atoms with van der Waals surface area (Å²) in [4.78, 5) is 0. The van der Waals surface area contributed by atoms with E-state index in [9.17, 15) is 15.3 Å². The third-order valence-corrected chi connectivity index (χ3v) is 3.72. The topological polar surface area (TPSA) is 79.2 Å². The number of aliphatic hydroxyl groups excluding tert-OH is 3. The van der Waals surface area contributed by atoms with E-state index in [1.165, 1.54) is 12.8 Å². The minimum atomic E-state index is -0.996. The van der Waals surface area contributed by atoms with Gasteiger partial charge in [0.1, 0.15) is 24.4 Å². The van der Waals surface area contributed by atoms with Gasteiger partial charge in [0.15, 0.2) is 0 Å². The Balaban J connectivity index is 2.14. The van der Waals surface area contributed by atoms with Crippen LogP contribution in [0.3, 0.4) is 0 Å². The highest BCUT2D eigenvalue weighted by molar-refractivity contribution is 4.87. The van der Waals surface area contributed by atoms with Crippen LogP contribution in [-0.4, -0.2) is 59.6 Å². The summed E-state index contributed by atoms with van der Waals surface area (Å²) < 4.78 is 10.9. The van der Waals surface area contributed by atoms with E-state index in [-0.39, 0.29) is 13.2 Å². The fraction of sp³-hybridized carbons (Fsp3) is 0.875. The van der Waals surface area contributed by atoms with E-state index in [4.69, 9.17) is 9.47 Å². The van der Waals surface area contributed by atoms with Crippen molar-refractivity contribution in [1.82, 2.24) is 0 Å². The molecule has 0 aromatic carbocycles. The zero-order valence-electron chi connectivity index (χ0n) is 13.0. The normalized spacial score (nSPS) is 30.1. The Morgan fingerprint density at radius 2 is 1.86 bits per heavy atom. The van der Waals surface area contributed by atoms with Gasteiger partial charge in [0.2, 0.25) is 0 Å². The monoisotopic (exact) mass is 302 g/mol. The fourth-order valence-corrected chi connectivity index (χ4v) is 2.36. The quantitative estimate of drug-likeness (QED) is 0.420. The van der Waals surface area contributed by atoms with Gasteiger partial charge >= 0.3 is 0 Å². The van der Waals surface area contributed by atoms with Crippen LogP contribution in [0.25, 0.3) is 0 Å². The summed E-state index contributed by atoms with van der Waals surface area (Å²) in [5, 5.41) is 28.6. The molecule has 1 aliphatic heterocycles. The second-order valence-corrected chi connectivity index (χ2v) is 5.56. The van der Waals surface area contributed by atoms with E-state index < -0.39 is 24.4 Å². The summed E-state index contributed by atoms with van der Waals surface area (Å²) in [6, 6.07) is 0. The number of hydrogen-bond acceptors (Lipinski definition) is 5. The van der Waals surface area contributed by atoms with E-state index in [0.29, 0.717) is 6.61 Å². The number of allylic oxidation sites excluding steroid dienone is 2. The fourth-order valence-electron chi connectivity index (χ4n) is 2.36. The molecule has 0 aromatic heterocycles. The van der Waals surface area contributed by atoms with Crippen molar-refractivity contribution in [2.24, 2.45) is 0 Å². The van der Waals surface area contributed by atoms with Crippen molar-refractivity contribution in [3.8, 4) is 0 Å². The third kappa shape index (κ3) is 6.89. The van der Waals surface area contributed by atoms with Crippen LogP contribution in [0.15, 0.2) is 12.2 Å². The van der Waals surface area contributed by atoms with Gasteiger partial charge in [-0.3, -0.25) is 0 Å². The standard InChI is InChI=1S/C16H30O5/c1-2-3-4-5-6-7-8-9-10-20-16-14(11-17)21-12-13(18)15(16)19/h5-6,13-19H,2-4,7-12H2,1H3/b6-5+/t13-,14+,15+,16+/m1/s1. The lowest BCUT2D eigenvalue weighted by atomic mass is 10.0. The van der Waals surface area contributed by atoms with Crippen molar-refractivity contribution < 1.29 is 24.8 Å². The van der Waals surface area contributed by atoms with Gasteiger partial charge in [-0.2, -0.15) is 0 Å². The molecule has 0 bridgehead atoms. The Hall–Kier alpha value is -0.460. The molecule has 0 amide bonds. The second-order valence-electron chi connectivity index (χ2n) is 5.56. The van der Waals surface area contributed by atoms with Crippen LogP contribution in [0.2, 0.25) is 0 Å². The Morgan fingerprint density at radius 3 is 2.52 bits per heavy atom. The molecule has 1 aliphatic rings. The Kier molecular flexibility index (Phi) is 9.87. The molecule has 1 fully saturated rings. The molecule has 1 saturated heterocycles. The van der Waals surface area contributed by atoms with E-state index in [2.05, 4.69) is 19.1 Å². The molecule has 5 nitrogen and oxygen atoms in total. The van der Waals surface area contributed by atoms with Gasteiger partial charge in [0, 0.05) is 6.61 Å². The highest BCUT2D eigenvalue weighted by Gasteiger charge is 2.39. The first-order chi connectivity index (χ1) is 10.2. The molecule has 1 rings (SSSR count). The minimum absolute atomic E-state index is 0.0365. The zero-order valence-corrected chi connectivity index (χ0v) is 13.0. The predicted molar refractivity (Wildman–Crippen MR) is 81.1 cm³/mol. The summed E-state index contributed by atoms with van der Waals surface area (Å²) in [7, 11) is 0. The van der Waals surface area contributed by atoms with Crippen LogP contribution in [0.1, 0.15) is 45.4 Å². The molecule has 4 atom stereocenters. The lowest BCUT2D eigenvalue weighted by molar-refractivity contribution is -0.211. The summed E-state index contributed by atoms with van der Waals surface area (Å²) in [5.74, 6) is 0. The SMILES string of the molecule is CCCC/C=C/CCCCO[C@@H]1[C@@H](O)[C@H](O)CO[C@H]1CO. The Morgan fingerprint density at radius 1 is 1.14 bits per heavy atom. The lowest BCUT2D eigenvalue weighted by Crippen LogP contribution is -2.55. The maximum absolute atomic E-state index is 9.88. The minimum Gasteiger partial charge on any atom is -0.394 e. The smallest absolute Gasteiger partial charge is 0.114 e. The van der Waals surface area contributed by atoms with Crippen LogP contribution < -0.4 is 0 Å². The van der Waals surface area contributed by atoms with Crippen LogP contribution >= 0.6 is 0 Å². The maximum Gasteiger partial charge on any atom is 0.114 e. The molecule has 124 valence electrons. The van der Waals surface area contributed by atoms with Gasteiger partial charge in [0.05, 0.1) is 13.2 Å². The summed E-state index contributed by atoms with van der Waals surface area (Å²) in [5.41, 5.74) is 0. The van der Waals surface area contributed by atoms with Crippen LogP contribution in [0, 0.1) is 0 Å². The molecule has 0 aliphatic carbocycles. The molecule has 0 spiro atoms. The number of ether oxygens (including phenoxy) is 2. The molecule has 0 radical (unpaired) electrons.